The summed E-state index contributed by atoms with van der Waals surface area (Å²) in [5.41, 5.74) is -0.0373. The first-order valence-electron chi connectivity index (χ1n) is 6.03. The van der Waals surface area contributed by atoms with Crippen molar-refractivity contribution >= 4 is 6.29 Å². The molecule has 1 aliphatic carbocycles. The number of benzene rings is 1. The lowest BCUT2D eigenvalue weighted by atomic mass is 10.0. The highest BCUT2D eigenvalue weighted by atomic mass is 19.1. The van der Waals surface area contributed by atoms with Gasteiger partial charge in [-0.3, -0.25) is 4.79 Å². The molecule has 1 aromatic rings. The topological polar surface area (TPSA) is 35.5 Å². The highest BCUT2D eigenvalue weighted by Crippen LogP contribution is 2.30. The zero-order valence-corrected chi connectivity index (χ0v) is 10.6. The first-order chi connectivity index (χ1) is 9.24. The van der Waals surface area contributed by atoms with E-state index in [1.165, 1.54) is 19.2 Å². The van der Waals surface area contributed by atoms with Crippen LogP contribution in [0.4, 0.5) is 4.39 Å². The molecule has 0 heterocycles. The minimum atomic E-state index is -0.607. The SMILES string of the molecule is COc1cc(C=O)c(F)cc1OCC1C=CC=CC1. The summed E-state index contributed by atoms with van der Waals surface area (Å²) in [6.07, 6.45) is 9.40. The van der Waals surface area contributed by atoms with Gasteiger partial charge in [0.2, 0.25) is 0 Å². The van der Waals surface area contributed by atoms with Crippen molar-refractivity contribution in [3.05, 3.63) is 47.8 Å². The second-order valence-corrected chi connectivity index (χ2v) is 4.26. The maximum Gasteiger partial charge on any atom is 0.164 e. The molecule has 100 valence electrons. The number of ether oxygens (including phenoxy) is 2. The molecule has 3 nitrogen and oxygen atoms in total. The summed E-state index contributed by atoms with van der Waals surface area (Å²) in [4.78, 5) is 10.7. The fourth-order valence-corrected chi connectivity index (χ4v) is 1.87. The molecule has 4 heteroatoms. The van der Waals surface area contributed by atoms with E-state index in [-0.39, 0.29) is 11.5 Å². The quantitative estimate of drug-likeness (QED) is 0.765. The molecular formula is C15H15FO3. The van der Waals surface area contributed by atoms with Crippen LogP contribution in [0.25, 0.3) is 0 Å². The highest BCUT2D eigenvalue weighted by molar-refractivity contribution is 5.77. The summed E-state index contributed by atoms with van der Waals surface area (Å²) in [7, 11) is 1.46. The number of allylic oxidation sites excluding steroid dienone is 3. The van der Waals surface area contributed by atoms with Crippen LogP contribution in [0.2, 0.25) is 0 Å². The molecule has 0 aliphatic heterocycles. The number of hydrogen-bond donors (Lipinski definition) is 0. The van der Waals surface area contributed by atoms with E-state index in [4.69, 9.17) is 9.47 Å². The molecule has 0 saturated carbocycles. The van der Waals surface area contributed by atoms with Crippen molar-refractivity contribution in [3.63, 3.8) is 0 Å². The number of rotatable bonds is 5. The predicted octanol–water partition coefficient (Wildman–Crippen LogP) is 3.16. The second-order valence-electron chi connectivity index (χ2n) is 4.26. The lowest BCUT2D eigenvalue weighted by Gasteiger charge is -2.16. The Bertz CT molecular complexity index is 520. The molecule has 0 amide bonds. The molecule has 0 radical (unpaired) electrons. The molecular weight excluding hydrogens is 247 g/mol. The average Bonchev–Trinajstić information content (AvgIpc) is 2.46. The Hall–Kier alpha value is -2.10. The summed E-state index contributed by atoms with van der Waals surface area (Å²) >= 11 is 0. The van der Waals surface area contributed by atoms with Gasteiger partial charge in [-0.1, -0.05) is 24.3 Å². The van der Waals surface area contributed by atoms with Gasteiger partial charge in [-0.2, -0.15) is 0 Å². The van der Waals surface area contributed by atoms with Gasteiger partial charge in [0.1, 0.15) is 5.82 Å². The van der Waals surface area contributed by atoms with Crippen LogP contribution in [0, 0.1) is 11.7 Å². The van der Waals surface area contributed by atoms with Crippen molar-refractivity contribution in [2.24, 2.45) is 5.92 Å². The maximum absolute atomic E-state index is 13.5. The molecule has 1 aliphatic rings. The molecule has 2 rings (SSSR count). The van der Waals surface area contributed by atoms with E-state index in [0.29, 0.717) is 24.4 Å². The van der Waals surface area contributed by atoms with Crippen LogP contribution in [-0.2, 0) is 0 Å². The van der Waals surface area contributed by atoms with Crippen molar-refractivity contribution in [2.45, 2.75) is 6.42 Å². The normalized spacial score (nSPS) is 17.3. The third-order valence-electron chi connectivity index (χ3n) is 2.93. The van der Waals surface area contributed by atoms with Crippen LogP contribution >= 0.6 is 0 Å². The fraction of sp³-hybridized carbons (Fsp3) is 0.267. The van der Waals surface area contributed by atoms with E-state index in [1.807, 2.05) is 18.2 Å². The van der Waals surface area contributed by atoms with Gasteiger partial charge < -0.3 is 9.47 Å². The zero-order chi connectivity index (χ0) is 13.7. The molecule has 0 aromatic heterocycles. The van der Waals surface area contributed by atoms with E-state index < -0.39 is 5.82 Å². The Morgan fingerprint density at radius 3 is 2.84 bits per heavy atom. The third-order valence-corrected chi connectivity index (χ3v) is 2.93. The molecule has 1 aromatic carbocycles. The van der Waals surface area contributed by atoms with Gasteiger partial charge in [-0.25, -0.2) is 4.39 Å². The first-order valence-corrected chi connectivity index (χ1v) is 6.03. The van der Waals surface area contributed by atoms with Crippen LogP contribution < -0.4 is 9.47 Å². The summed E-state index contributed by atoms with van der Waals surface area (Å²) in [6.45, 7) is 0.442. The number of aldehydes is 1. The second kappa shape index (κ2) is 6.18. The fourth-order valence-electron chi connectivity index (χ4n) is 1.87. The van der Waals surface area contributed by atoms with Gasteiger partial charge in [0.15, 0.2) is 17.8 Å². The summed E-state index contributed by atoms with van der Waals surface area (Å²) < 4.78 is 24.2. The third kappa shape index (κ3) is 3.22. The van der Waals surface area contributed by atoms with Crippen molar-refractivity contribution in [1.29, 1.82) is 0 Å². The minimum absolute atomic E-state index is 0.0373. The lowest BCUT2D eigenvalue weighted by Crippen LogP contribution is -2.11. The van der Waals surface area contributed by atoms with E-state index in [9.17, 15) is 9.18 Å². The Kier molecular flexibility index (Phi) is 4.34. The lowest BCUT2D eigenvalue weighted by molar-refractivity contribution is 0.111. The van der Waals surface area contributed by atoms with Crippen molar-refractivity contribution in [3.8, 4) is 11.5 Å². The number of methoxy groups -OCH3 is 1. The Morgan fingerprint density at radius 1 is 1.37 bits per heavy atom. The van der Waals surface area contributed by atoms with E-state index in [0.717, 1.165) is 6.42 Å². The smallest absolute Gasteiger partial charge is 0.164 e. The number of hydrogen-bond acceptors (Lipinski definition) is 3. The molecule has 19 heavy (non-hydrogen) atoms. The standard InChI is InChI=1S/C15H15FO3/c1-18-14-7-12(9-17)13(16)8-15(14)19-10-11-5-3-2-4-6-11/h2-5,7-9,11H,6,10H2,1H3. The largest absolute Gasteiger partial charge is 0.493 e. The summed E-state index contributed by atoms with van der Waals surface area (Å²) in [5, 5.41) is 0. The van der Waals surface area contributed by atoms with Gasteiger partial charge in [0, 0.05) is 12.0 Å². The molecule has 1 atom stereocenters. The van der Waals surface area contributed by atoms with Gasteiger partial charge in [0.25, 0.3) is 0 Å². The van der Waals surface area contributed by atoms with Crippen molar-refractivity contribution < 1.29 is 18.7 Å². The first kappa shape index (κ1) is 13.3. The maximum atomic E-state index is 13.5. The van der Waals surface area contributed by atoms with Gasteiger partial charge >= 0.3 is 0 Å². The van der Waals surface area contributed by atoms with E-state index >= 15 is 0 Å². The zero-order valence-electron chi connectivity index (χ0n) is 10.6. The van der Waals surface area contributed by atoms with Crippen LogP contribution in [0.5, 0.6) is 11.5 Å². The number of carbonyl (C=O) groups excluding carboxylic acids is 1. The predicted molar refractivity (Wildman–Crippen MR) is 70.2 cm³/mol. The molecule has 0 saturated heterocycles. The van der Waals surface area contributed by atoms with Gasteiger partial charge in [-0.05, 0) is 12.5 Å². The molecule has 0 N–H and O–H groups in total. The highest BCUT2D eigenvalue weighted by Gasteiger charge is 2.13. The number of halogens is 1. The molecule has 0 bridgehead atoms. The average molecular weight is 262 g/mol. The van der Waals surface area contributed by atoms with Crippen LogP contribution in [0.15, 0.2) is 36.4 Å². The Balaban J connectivity index is 2.10. The molecule has 0 spiro atoms. The van der Waals surface area contributed by atoms with Gasteiger partial charge in [-0.15, -0.1) is 0 Å². The summed E-state index contributed by atoms with van der Waals surface area (Å²) in [5.74, 6) is 0.334. The van der Waals surface area contributed by atoms with Crippen LogP contribution in [0.3, 0.4) is 0 Å². The van der Waals surface area contributed by atoms with Gasteiger partial charge in [0.05, 0.1) is 19.3 Å². The van der Waals surface area contributed by atoms with Crippen molar-refractivity contribution in [2.75, 3.05) is 13.7 Å². The number of carbonyl (C=O) groups is 1. The van der Waals surface area contributed by atoms with E-state index in [1.54, 1.807) is 0 Å². The molecule has 1 unspecified atom stereocenters. The van der Waals surface area contributed by atoms with Crippen molar-refractivity contribution in [1.82, 2.24) is 0 Å². The monoisotopic (exact) mass is 262 g/mol. The Morgan fingerprint density at radius 2 is 2.21 bits per heavy atom. The Labute approximate surface area is 111 Å². The molecule has 0 fully saturated rings. The minimum Gasteiger partial charge on any atom is -0.493 e. The van der Waals surface area contributed by atoms with E-state index in [2.05, 4.69) is 6.08 Å². The summed E-state index contributed by atoms with van der Waals surface area (Å²) in [6, 6.07) is 2.53. The van der Waals surface area contributed by atoms with Crippen LogP contribution in [0.1, 0.15) is 16.8 Å². The van der Waals surface area contributed by atoms with Crippen LogP contribution in [-0.4, -0.2) is 20.0 Å².